The molecule has 0 unspecified atom stereocenters. The number of aromatic nitrogens is 4. The van der Waals surface area contributed by atoms with Crippen molar-refractivity contribution in [2.45, 2.75) is 59.1 Å². The zero-order chi connectivity index (χ0) is 25.9. The van der Waals surface area contributed by atoms with Gasteiger partial charge >= 0.3 is 0 Å². The van der Waals surface area contributed by atoms with Crippen molar-refractivity contribution >= 4 is 28.4 Å². The van der Waals surface area contributed by atoms with Gasteiger partial charge in [0, 0.05) is 66.0 Å². The Balaban J connectivity index is 1.39. The van der Waals surface area contributed by atoms with E-state index in [2.05, 4.69) is 25.9 Å². The number of benzene rings is 1. The maximum Gasteiger partial charge on any atom is 0.223 e. The van der Waals surface area contributed by atoms with Crippen molar-refractivity contribution in [2.75, 3.05) is 0 Å². The molecule has 1 saturated carbocycles. The van der Waals surface area contributed by atoms with Crippen LogP contribution in [0.1, 0.15) is 54.6 Å². The number of nitrogens with zero attached hydrogens (tertiary/aromatic N) is 4. The molecule has 0 spiro atoms. The number of nitrogens with one attached hydrogen (secondary N) is 1. The number of ether oxygens (including phenoxy) is 1. The first-order valence-corrected chi connectivity index (χ1v) is 13.2. The SMILES string of the molecule is Cc1cc(-c2ncc(C)n2C)c2cccc(OCc3c(Cl)cncc3CNC(=O)C3CCCCC3)c2n1. The number of aryl methyl sites for hydroxylation is 2. The highest BCUT2D eigenvalue weighted by Gasteiger charge is 2.21. The Hall–Kier alpha value is -3.45. The van der Waals surface area contributed by atoms with Crippen LogP contribution in [0, 0.1) is 19.8 Å². The molecule has 37 heavy (non-hydrogen) atoms. The predicted octanol–water partition coefficient (Wildman–Crippen LogP) is 6.08. The minimum absolute atomic E-state index is 0.0993. The van der Waals surface area contributed by atoms with Crippen molar-refractivity contribution in [3.8, 4) is 17.1 Å². The molecule has 7 nitrogen and oxygen atoms in total. The number of carbonyl (C=O) groups is 1. The number of hydrogen-bond donors (Lipinski definition) is 1. The molecular weight excluding hydrogens is 486 g/mol. The Morgan fingerprint density at radius 3 is 2.73 bits per heavy atom. The second kappa shape index (κ2) is 10.9. The number of carbonyl (C=O) groups excluding carboxylic acids is 1. The largest absolute Gasteiger partial charge is 0.487 e. The Labute approximate surface area is 222 Å². The van der Waals surface area contributed by atoms with Crippen LogP contribution in [0.25, 0.3) is 22.3 Å². The fraction of sp³-hybridized carbons (Fsp3) is 0.379. The van der Waals surface area contributed by atoms with Gasteiger partial charge in [-0.3, -0.25) is 9.78 Å². The highest BCUT2D eigenvalue weighted by atomic mass is 35.5. The van der Waals surface area contributed by atoms with Crippen LogP contribution in [0.3, 0.4) is 0 Å². The van der Waals surface area contributed by atoms with Gasteiger partial charge in [-0.1, -0.05) is 43.0 Å². The van der Waals surface area contributed by atoms with Gasteiger partial charge in [0.25, 0.3) is 0 Å². The quantitative estimate of drug-likeness (QED) is 0.321. The van der Waals surface area contributed by atoms with Gasteiger partial charge in [0.15, 0.2) is 0 Å². The van der Waals surface area contributed by atoms with Crippen molar-refractivity contribution in [1.82, 2.24) is 24.8 Å². The summed E-state index contributed by atoms with van der Waals surface area (Å²) in [6, 6.07) is 7.98. The lowest BCUT2D eigenvalue weighted by Gasteiger charge is -2.21. The Morgan fingerprint density at radius 2 is 1.97 bits per heavy atom. The third kappa shape index (κ3) is 5.32. The van der Waals surface area contributed by atoms with E-state index in [1.54, 1.807) is 12.4 Å². The van der Waals surface area contributed by atoms with E-state index in [9.17, 15) is 4.79 Å². The molecule has 1 fully saturated rings. The normalized spacial score (nSPS) is 14.2. The average molecular weight is 518 g/mol. The van der Waals surface area contributed by atoms with Crippen LogP contribution in [0.5, 0.6) is 5.75 Å². The van der Waals surface area contributed by atoms with Crippen LogP contribution in [0.15, 0.2) is 42.9 Å². The van der Waals surface area contributed by atoms with E-state index >= 15 is 0 Å². The summed E-state index contributed by atoms with van der Waals surface area (Å²) < 4.78 is 8.39. The molecule has 8 heteroatoms. The topological polar surface area (TPSA) is 81.9 Å². The van der Waals surface area contributed by atoms with E-state index in [1.165, 1.54) is 6.42 Å². The van der Waals surface area contributed by atoms with Crippen LogP contribution in [-0.4, -0.2) is 25.4 Å². The summed E-state index contributed by atoms with van der Waals surface area (Å²) in [5.74, 6) is 1.76. The molecule has 0 radical (unpaired) electrons. The van der Waals surface area contributed by atoms with Crippen LogP contribution in [-0.2, 0) is 25.0 Å². The van der Waals surface area contributed by atoms with Gasteiger partial charge < -0.3 is 14.6 Å². The molecule has 3 heterocycles. The third-order valence-electron chi connectivity index (χ3n) is 7.29. The van der Waals surface area contributed by atoms with E-state index < -0.39 is 0 Å². The minimum Gasteiger partial charge on any atom is -0.487 e. The smallest absolute Gasteiger partial charge is 0.223 e. The molecule has 1 aliphatic carbocycles. The molecule has 1 amide bonds. The zero-order valence-electron chi connectivity index (χ0n) is 21.6. The van der Waals surface area contributed by atoms with E-state index in [-0.39, 0.29) is 18.4 Å². The molecule has 0 bridgehead atoms. The monoisotopic (exact) mass is 517 g/mol. The van der Waals surface area contributed by atoms with Crippen molar-refractivity contribution in [1.29, 1.82) is 0 Å². The molecule has 0 saturated heterocycles. The maximum atomic E-state index is 12.7. The lowest BCUT2D eigenvalue weighted by Crippen LogP contribution is -2.31. The highest BCUT2D eigenvalue weighted by molar-refractivity contribution is 6.31. The molecule has 4 aromatic rings. The first kappa shape index (κ1) is 25.2. The summed E-state index contributed by atoms with van der Waals surface area (Å²) in [4.78, 5) is 26.4. The van der Waals surface area contributed by atoms with Crippen LogP contribution in [0.2, 0.25) is 5.02 Å². The zero-order valence-corrected chi connectivity index (χ0v) is 22.3. The van der Waals surface area contributed by atoms with E-state index in [4.69, 9.17) is 21.3 Å². The summed E-state index contributed by atoms with van der Waals surface area (Å²) >= 11 is 6.55. The van der Waals surface area contributed by atoms with Gasteiger partial charge in [0.05, 0.1) is 5.02 Å². The maximum absolute atomic E-state index is 12.7. The fourth-order valence-electron chi connectivity index (χ4n) is 5.05. The first-order chi connectivity index (χ1) is 17.9. The first-order valence-electron chi connectivity index (χ1n) is 12.8. The summed E-state index contributed by atoms with van der Waals surface area (Å²) in [5.41, 5.74) is 5.41. The molecule has 3 aromatic heterocycles. The van der Waals surface area contributed by atoms with Gasteiger partial charge in [-0.2, -0.15) is 0 Å². The standard InChI is InChI=1S/C29H32ClN5O2/c1-18-12-23(28-32-13-19(2)35(28)3)22-10-7-11-26(27(22)34-18)37-17-24-21(14-31-16-25(24)30)15-33-29(36)20-8-5-4-6-9-20/h7,10-14,16,20H,4-6,8-9,15,17H2,1-3H3,(H,33,36). The fourth-order valence-corrected chi connectivity index (χ4v) is 5.29. The predicted molar refractivity (Wildman–Crippen MR) is 145 cm³/mol. The molecule has 5 rings (SSSR count). The van der Waals surface area contributed by atoms with Crippen molar-refractivity contribution < 1.29 is 9.53 Å². The second-order valence-corrected chi connectivity index (χ2v) is 10.3. The number of para-hydroxylation sites is 1. The lowest BCUT2D eigenvalue weighted by molar-refractivity contribution is -0.126. The van der Waals surface area contributed by atoms with Crippen molar-refractivity contribution in [2.24, 2.45) is 13.0 Å². The van der Waals surface area contributed by atoms with Crippen molar-refractivity contribution in [3.63, 3.8) is 0 Å². The molecule has 192 valence electrons. The van der Waals surface area contributed by atoms with Gasteiger partial charge in [0.1, 0.15) is 23.7 Å². The highest BCUT2D eigenvalue weighted by Crippen LogP contribution is 2.33. The van der Waals surface area contributed by atoms with Gasteiger partial charge in [-0.05, 0) is 44.4 Å². The minimum atomic E-state index is 0.0993. The number of rotatable bonds is 7. The molecule has 1 aliphatic rings. The van der Waals surface area contributed by atoms with Crippen LogP contribution < -0.4 is 10.1 Å². The molecule has 1 N–H and O–H groups in total. The van der Waals surface area contributed by atoms with E-state index in [0.717, 1.165) is 70.5 Å². The summed E-state index contributed by atoms with van der Waals surface area (Å²) in [6.45, 7) is 4.62. The molecular formula is C29H32ClN5O2. The lowest BCUT2D eigenvalue weighted by atomic mass is 9.88. The van der Waals surface area contributed by atoms with E-state index in [1.807, 2.05) is 45.3 Å². The summed E-state index contributed by atoms with van der Waals surface area (Å²) in [6.07, 6.45) is 10.6. The van der Waals surface area contributed by atoms with Crippen LogP contribution in [0.4, 0.5) is 0 Å². The second-order valence-electron chi connectivity index (χ2n) is 9.85. The number of halogens is 1. The Bertz CT molecular complexity index is 1440. The number of pyridine rings is 2. The third-order valence-corrected chi connectivity index (χ3v) is 7.61. The van der Waals surface area contributed by atoms with Crippen molar-refractivity contribution in [3.05, 3.63) is 70.4 Å². The van der Waals surface area contributed by atoms with Crippen LogP contribution >= 0.6 is 11.6 Å². The van der Waals surface area contributed by atoms with E-state index in [0.29, 0.717) is 17.3 Å². The number of fused-ring (bicyclic) bond motifs is 1. The number of hydrogen-bond acceptors (Lipinski definition) is 5. The van der Waals surface area contributed by atoms with Gasteiger partial charge in [-0.25, -0.2) is 9.97 Å². The molecule has 0 atom stereocenters. The van der Waals surface area contributed by atoms with Gasteiger partial charge in [0.2, 0.25) is 5.91 Å². The Kier molecular flexibility index (Phi) is 7.42. The number of imidazole rings is 1. The summed E-state index contributed by atoms with van der Waals surface area (Å²) in [7, 11) is 2.01. The summed E-state index contributed by atoms with van der Waals surface area (Å²) in [5, 5.41) is 4.57. The Morgan fingerprint density at radius 1 is 1.16 bits per heavy atom. The molecule has 0 aliphatic heterocycles. The average Bonchev–Trinajstić information content (AvgIpc) is 3.24. The number of amides is 1. The molecule has 1 aromatic carbocycles. The van der Waals surface area contributed by atoms with Gasteiger partial charge in [-0.15, -0.1) is 0 Å².